The molecule has 10 heteroatoms. The Balaban J connectivity index is 2.23. The molecule has 0 radical (unpaired) electrons. The molecule has 0 fully saturated rings. The summed E-state index contributed by atoms with van der Waals surface area (Å²) in [6, 6.07) is 9.74. The minimum Gasteiger partial charge on any atom is -0.465 e. The Labute approximate surface area is 152 Å². The van der Waals surface area contributed by atoms with Crippen LogP contribution in [0.3, 0.4) is 0 Å². The van der Waals surface area contributed by atoms with Crippen molar-refractivity contribution in [3.8, 4) is 0 Å². The largest absolute Gasteiger partial charge is 0.465 e. The minimum absolute atomic E-state index is 0.0402. The molecule has 2 aromatic rings. The molecule has 2 aromatic carbocycles. The fraction of sp³-hybridized carbons (Fsp3) is 0.188. The standard InChI is InChI=1S/C16H18N2O6S2/c1-11-3-6-13(16(19)24-2)9-15(11)26(22,23)18-10-12-4-7-14(8-5-12)25(17,20)21/h3-9,18H,10H2,1-2H3,(H2,17,20,21). The van der Waals surface area contributed by atoms with Crippen LogP contribution in [0.25, 0.3) is 0 Å². The van der Waals surface area contributed by atoms with Gasteiger partial charge in [0.1, 0.15) is 0 Å². The van der Waals surface area contributed by atoms with Crippen molar-refractivity contribution in [2.24, 2.45) is 5.14 Å². The molecule has 0 atom stereocenters. The maximum atomic E-state index is 12.5. The summed E-state index contributed by atoms with van der Waals surface area (Å²) in [5, 5.41) is 5.02. The molecule has 2 rings (SSSR count). The van der Waals surface area contributed by atoms with Crippen LogP contribution in [-0.4, -0.2) is 29.9 Å². The summed E-state index contributed by atoms with van der Waals surface area (Å²) in [6.07, 6.45) is 0. The molecule has 0 aliphatic rings. The van der Waals surface area contributed by atoms with Crippen LogP contribution < -0.4 is 9.86 Å². The number of nitrogens with two attached hydrogens (primary N) is 1. The molecular weight excluding hydrogens is 380 g/mol. The van der Waals surface area contributed by atoms with E-state index in [1.807, 2.05) is 0 Å². The summed E-state index contributed by atoms with van der Waals surface area (Å²) in [7, 11) is -6.49. The smallest absolute Gasteiger partial charge is 0.337 e. The molecule has 0 saturated carbocycles. The van der Waals surface area contributed by atoms with E-state index in [1.54, 1.807) is 6.92 Å². The van der Waals surface area contributed by atoms with Crippen LogP contribution in [0.2, 0.25) is 0 Å². The van der Waals surface area contributed by atoms with Crippen molar-refractivity contribution in [2.45, 2.75) is 23.3 Å². The Bertz CT molecular complexity index is 1030. The zero-order valence-electron chi connectivity index (χ0n) is 14.1. The average Bonchev–Trinajstić information content (AvgIpc) is 2.59. The lowest BCUT2D eigenvalue weighted by Gasteiger charge is -2.11. The third-order valence-corrected chi connectivity index (χ3v) is 6.09. The number of hydrogen-bond donors (Lipinski definition) is 2. The zero-order chi connectivity index (χ0) is 19.5. The number of primary sulfonamides is 1. The highest BCUT2D eigenvalue weighted by atomic mass is 32.2. The van der Waals surface area contributed by atoms with Crippen LogP contribution >= 0.6 is 0 Å². The van der Waals surface area contributed by atoms with E-state index in [0.717, 1.165) is 0 Å². The monoisotopic (exact) mass is 398 g/mol. The van der Waals surface area contributed by atoms with Crippen molar-refractivity contribution in [2.75, 3.05) is 7.11 Å². The number of benzene rings is 2. The van der Waals surface area contributed by atoms with Gasteiger partial charge in [0.25, 0.3) is 0 Å². The van der Waals surface area contributed by atoms with Gasteiger partial charge in [-0.3, -0.25) is 0 Å². The molecule has 140 valence electrons. The average molecular weight is 398 g/mol. The van der Waals surface area contributed by atoms with Crippen molar-refractivity contribution in [3.05, 3.63) is 59.2 Å². The maximum Gasteiger partial charge on any atom is 0.337 e. The molecule has 0 aliphatic carbocycles. The first kappa shape index (κ1) is 20.0. The number of nitrogens with one attached hydrogen (secondary N) is 1. The predicted molar refractivity (Wildman–Crippen MR) is 94.4 cm³/mol. The Morgan fingerprint density at radius 2 is 1.69 bits per heavy atom. The van der Waals surface area contributed by atoms with Crippen LogP contribution in [0.1, 0.15) is 21.5 Å². The molecule has 0 aromatic heterocycles. The Morgan fingerprint density at radius 1 is 1.08 bits per heavy atom. The highest BCUT2D eigenvalue weighted by Gasteiger charge is 2.19. The summed E-state index contributed by atoms with van der Waals surface area (Å²) in [5.41, 5.74) is 1.13. The summed E-state index contributed by atoms with van der Waals surface area (Å²) in [5.74, 6) is -0.639. The van der Waals surface area contributed by atoms with Crippen molar-refractivity contribution in [3.63, 3.8) is 0 Å². The first-order valence-electron chi connectivity index (χ1n) is 7.35. The van der Waals surface area contributed by atoms with Crippen molar-refractivity contribution < 1.29 is 26.4 Å². The van der Waals surface area contributed by atoms with Gasteiger partial charge in [0.2, 0.25) is 20.0 Å². The van der Waals surface area contributed by atoms with Crippen LogP contribution in [0.15, 0.2) is 52.3 Å². The summed E-state index contributed by atoms with van der Waals surface area (Å²) < 4.78 is 54.5. The minimum atomic E-state index is -3.89. The molecule has 26 heavy (non-hydrogen) atoms. The van der Waals surface area contributed by atoms with Gasteiger partial charge in [-0.1, -0.05) is 18.2 Å². The van der Waals surface area contributed by atoms with Gasteiger partial charge in [-0.25, -0.2) is 31.5 Å². The fourth-order valence-corrected chi connectivity index (χ4v) is 3.99. The van der Waals surface area contributed by atoms with Gasteiger partial charge in [0.05, 0.1) is 22.5 Å². The Kier molecular flexibility index (Phi) is 5.81. The van der Waals surface area contributed by atoms with Gasteiger partial charge < -0.3 is 4.74 Å². The van der Waals surface area contributed by atoms with Gasteiger partial charge >= 0.3 is 5.97 Å². The number of methoxy groups -OCH3 is 1. The third-order valence-electron chi connectivity index (χ3n) is 3.62. The second kappa shape index (κ2) is 7.54. The van der Waals surface area contributed by atoms with Crippen LogP contribution in [0.5, 0.6) is 0 Å². The molecule has 0 unspecified atom stereocenters. The first-order valence-corrected chi connectivity index (χ1v) is 10.4. The normalized spacial score (nSPS) is 12.0. The molecule has 0 aliphatic heterocycles. The van der Waals surface area contributed by atoms with Gasteiger partial charge in [0.15, 0.2) is 0 Å². The Hall–Kier alpha value is -2.27. The van der Waals surface area contributed by atoms with E-state index in [0.29, 0.717) is 11.1 Å². The predicted octanol–water partition coefficient (Wildman–Crippen LogP) is 0.908. The fourth-order valence-electron chi connectivity index (χ4n) is 2.19. The van der Waals surface area contributed by atoms with E-state index in [-0.39, 0.29) is 21.9 Å². The van der Waals surface area contributed by atoms with E-state index in [4.69, 9.17) is 5.14 Å². The Morgan fingerprint density at radius 3 is 2.23 bits per heavy atom. The molecule has 0 spiro atoms. The highest BCUT2D eigenvalue weighted by Crippen LogP contribution is 2.18. The molecule has 0 heterocycles. The van der Waals surface area contributed by atoms with Crippen LogP contribution in [-0.2, 0) is 31.3 Å². The molecule has 0 bridgehead atoms. The van der Waals surface area contributed by atoms with E-state index < -0.39 is 26.0 Å². The number of ether oxygens (including phenoxy) is 1. The molecule has 0 amide bonds. The van der Waals surface area contributed by atoms with Crippen molar-refractivity contribution >= 4 is 26.0 Å². The van der Waals surface area contributed by atoms with Gasteiger partial charge in [0, 0.05) is 6.54 Å². The number of sulfonamides is 2. The van der Waals surface area contributed by atoms with Gasteiger partial charge in [-0.15, -0.1) is 0 Å². The first-order chi connectivity index (χ1) is 12.0. The number of rotatable bonds is 6. The second-order valence-electron chi connectivity index (χ2n) is 5.49. The molecule has 3 N–H and O–H groups in total. The SMILES string of the molecule is COC(=O)c1ccc(C)c(S(=O)(=O)NCc2ccc(S(N)(=O)=O)cc2)c1. The topological polar surface area (TPSA) is 133 Å². The van der Waals surface area contributed by atoms with Crippen LogP contribution in [0.4, 0.5) is 0 Å². The zero-order valence-corrected chi connectivity index (χ0v) is 15.7. The molecule has 0 saturated heterocycles. The van der Waals surface area contributed by atoms with Gasteiger partial charge in [-0.2, -0.15) is 0 Å². The second-order valence-corrected chi connectivity index (χ2v) is 8.78. The van der Waals surface area contributed by atoms with E-state index in [9.17, 15) is 21.6 Å². The number of esters is 1. The lowest BCUT2D eigenvalue weighted by molar-refractivity contribution is 0.0600. The van der Waals surface area contributed by atoms with Crippen molar-refractivity contribution in [1.29, 1.82) is 0 Å². The van der Waals surface area contributed by atoms with Crippen molar-refractivity contribution in [1.82, 2.24) is 4.72 Å². The summed E-state index contributed by atoms with van der Waals surface area (Å²) in [6.45, 7) is 1.55. The van der Waals surface area contributed by atoms with E-state index >= 15 is 0 Å². The van der Waals surface area contributed by atoms with Gasteiger partial charge in [-0.05, 0) is 42.3 Å². The number of carbonyl (C=O) groups excluding carboxylic acids is 1. The molecule has 8 nitrogen and oxygen atoms in total. The third kappa shape index (κ3) is 4.67. The summed E-state index contributed by atoms with van der Waals surface area (Å²) >= 11 is 0. The summed E-state index contributed by atoms with van der Waals surface area (Å²) in [4.78, 5) is 11.5. The number of aryl methyl sites for hydroxylation is 1. The lowest BCUT2D eigenvalue weighted by atomic mass is 10.1. The van der Waals surface area contributed by atoms with Crippen LogP contribution in [0, 0.1) is 6.92 Å². The number of hydrogen-bond acceptors (Lipinski definition) is 6. The lowest BCUT2D eigenvalue weighted by Crippen LogP contribution is -2.24. The van der Waals surface area contributed by atoms with E-state index in [2.05, 4.69) is 9.46 Å². The number of carbonyl (C=O) groups is 1. The maximum absolute atomic E-state index is 12.5. The quantitative estimate of drug-likeness (QED) is 0.695. The molecular formula is C16H18N2O6S2. The van der Waals surface area contributed by atoms with E-state index in [1.165, 1.54) is 49.6 Å². The highest BCUT2D eigenvalue weighted by molar-refractivity contribution is 7.89.